The molecule has 4 rings (SSSR count). The van der Waals surface area contributed by atoms with Crippen LogP contribution in [0, 0.1) is 5.92 Å². The molecule has 2 aromatic rings. The molecule has 1 aromatic carbocycles. The van der Waals surface area contributed by atoms with E-state index in [-0.39, 0.29) is 41.8 Å². The normalized spacial score (nSPS) is 23.6. The van der Waals surface area contributed by atoms with Crippen LogP contribution < -0.4 is 15.8 Å². The molecule has 0 radical (unpaired) electrons. The fraction of sp³-hybridized carbons (Fsp3) is 0.536. The largest absolute Gasteiger partial charge is 0.497 e. The molecule has 2 fully saturated rings. The van der Waals surface area contributed by atoms with E-state index in [1.165, 1.54) is 11.3 Å². The molecule has 1 aromatic heterocycles. The third kappa shape index (κ3) is 6.51. The predicted molar refractivity (Wildman–Crippen MR) is 145 cm³/mol. The lowest BCUT2D eigenvalue weighted by Crippen LogP contribution is -2.50. The number of hydrogen-bond donors (Lipinski definition) is 2. The SMILES string of the molecule is COc1cccc(C(=O)N2CC(N(CC(C)C)C(=O)c3cccs3)CC2C(=O)NC2CCC(N)CC2)c1. The highest BCUT2D eigenvalue weighted by Gasteiger charge is 2.44. The molecule has 0 spiro atoms. The Morgan fingerprint density at radius 3 is 2.57 bits per heavy atom. The maximum absolute atomic E-state index is 13.7. The summed E-state index contributed by atoms with van der Waals surface area (Å²) < 4.78 is 5.32. The van der Waals surface area contributed by atoms with Crippen LogP contribution in [0.25, 0.3) is 0 Å². The van der Waals surface area contributed by atoms with Crippen LogP contribution in [0.15, 0.2) is 41.8 Å². The zero-order valence-electron chi connectivity index (χ0n) is 21.9. The molecule has 2 aliphatic rings. The number of nitrogens with zero attached hydrogens (tertiary/aromatic N) is 2. The van der Waals surface area contributed by atoms with Crippen LogP contribution >= 0.6 is 11.3 Å². The molecule has 3 N–H and O–H groups in total. The molecule has 2 heterocycles. The quantitative estimate of drug-likeness (QED) is 0.548. The number of ether oxygens (including phenoxy) is 1. The van der Waals surface area contributed by atoms with Crippen molar-refractivity contribution in [1.82, 2.24) is 15.1 Å². The minimum absolute atomic E-state index is 0.0511. The van der Waals surface area contributed by atoms with Crippen molar-refractivity contribution in [2.45, 2.75) is 70.1 Å². The van der Waals surface area contributed by atoms with Crippen molar-refractivity contribution in [3.05, 3.63) is 52.2 Å². The molecule has 9 heteroatoms. The van der Waals surface area contributed by atoms with Gasteiger partial charge < -0.3 is 25.6 Å². The van der Waals surface area contributed by atoms with E-state index in [4.69, 9.17) is 10.5 Å². The summed E-state index contributed by atoms with van der Waals surface area (Å²) in [5, 5.41) is 5.07. The molecule has 0 bridgehead atoms. The zero-order valence-corrected chi connectivity index (χ0v) is 22.7. The minimum atomic E-state index is -0.662. The predicted octanol–water partition coefficient (Wildman–Crippen LogP) is 3.52. The Morgan fingerprint density at radius 2 is 1.92 bits per heavy atom. The van der Waals surface area contributed by atoms with Crippen molar-refractivity contribution in [1.29, 1.82) is 0 Å². The number of nitrogens with one attached hydrogen (secondary N) is 1. The van der Waals surface area contributed by atoms with E-state index < -0.39 is 6.04 Å². The van der Waals surface area contributed by atoms with Crippen molar-refractivity contribution >= 4 is 29.1 Å². The lowest BCUT2D eigenvalue weighted by Gasteiger charge is -2.30. The van der Waals surface area contributed by atoms with Crippen LogP contribution in [0.1, 0.15) is 66.0 Å². The van der Waals surface area contributed by atoms with E-state index in [9.17, 15) is 14.4 Å². The monoisotopic (exact) mass is 526 g/mol. The Kier molecular flexibility index (Phi) is 8.87. The molecular weight excluding hydrogens is 488 g/mol. The summed E-state index contributed by atoms with van der Waals surface area (Å²) in [4.78, 5) is 45.0. The second-order valence-corrected chi connectivity index (χ2v) is 11.5. The third-order valence-corrected chi connectivity index (χ3v) is 8.13. The van der Waals surface area contributed by atoms with Crippen molar-refractivity contribution < 1.29 is 19.1 Å². The summed E-state index contributed by atoms with van der Waals surface area (Å²) in [6.07, 6.45) is 3.83. The average Bonchev–Trinajstić information content (AvgIpc) is 3.58. The lowest BCUT2D eigenvalue weighted by molar-refractivity contribution is -0.125. The van der Waals surface area contributed by atoms with Crippen molar-refractivity contribution in [2.24, 2.45) is 11.7 Å². The van der Waals surface area contributed by atoms with Gasteiger partial charge in [-0.2, -0.15) is 0 Å². The summed E-state index contributed by atoms with van der Waals surface area (Å²) >= 11 is 1.41. The van der Waals surface area contributed by atoms with Gasteiger partial charge in [0.2, 0.25) is 5.91 Å². The summed E-state index contributed by atoms with van der Waals surface area (Å²) in [5.41, 5.74) is 6.51. The molecule has 1 saturated carbocycles. The first kappa shape index (κ1) is 27.1. The number of nitrogens with two attached hydrogens (primary N) is 1. The molecule has 37 heavy (non-hydrogen) atoms. The number of methoxy groups -OCH3 is 1. The number of likely N-dealkylation sites (tertiary alicyclic amines) is 1. The topological polar surface area (TPSA) is 105 Å². The van der Waals surface area contributed by atoms with Gasteiger partial charge in [0.05, 0.1) is 18.0 Å². The molecule has 2 unspecified atom stereocenters. The first-order valence-electron chi connectivity index (χ1n) is 13.1. The summed E-state index contributed by atoms with van der Waals surface area (Å²) in [6.45, 7) is 4.99. The maximum Gasteiger partial charge on any atom is 0.264 e. The highest BCUT2D eigenvalue weighted by molar-refractivity contribution is 7.12. The highest BCUT2D eigenvalue weighted by atomic mass is 32.1. The standard InChI is InChI=1S/C28H38N4O4S/c1-18(2)16-31(28(35)25-8-5-13-37-25)22-15-24(26(33)30-21-11-9-20(29)10-12-21)32(17-22)27(34)19-6-4-7-23(14-19)36-3/h4-8,13-14,18,20-22,24H,9-12,15-17,29H2,1-3H3,(H,30,33). The summed E-state index contributed by atoms with van der Waals surface area (Å²) in [7, 11) is 1.56. The smallest absolute Gasteiger partial charge is 0.264 e. The van der Waals surface area contributed by atoms with Crippen LogP contribution in [0.3, 0.4) is 0 Å². The number of benzene rings is 1. The van der Waals surface area contributed by atoms with Gasteiger partial charge in [0.1, 0.15) is 11.8 Å². The fourth-order valence-corrected chi connectivity index (χ4v) is 6.01. The Labute approximate surface area is 223 Å². The van der Waals surface area contributed by atoms with Crippen LogP contribution in [-0.2, 0) is 4.79 Å². The molecule has 8 nitrogen and oxygen atoms in total. The summed E-state index contributed by atoms with van der Waals surface area (Å²) in [6, 6.07) is 9.98. The molecule has 1 aliphatic carbocycles. The number of hydrogen-bond acceptors (Lipinski definition) is 6. The van der Waals surface area contributed by atoms with Crippen LogP contribution in [-0.4, -0.2) is 71.9 Å². The molecule has 3 amide bonds. The number of thiophene rings is 1. The van der Waals surface area contributed by atoms with Gasteiger partial charge >= 0.3 is 0 Å². The van der Waals surface area contributed by atoms with Gasteiger partial charge in [-0.3, -0.25) is 14.4 Å². The van der Waals surface area contributed by atoms with Crippen molar-refractivity contribution in [3.63, 3.8) is 0 Å². The van der Waals surface area contributed by atoms with Gasteiger partial charge in [0.25, 0.3) is 11.8 Å². The Bertz CT molecular complexity index is 1080. The molecular formula is C28H38N4O4S. The van der Waals surface area contributed by atoms with E-state index in [1.54, 1.807) is 36.3 Å². The maximum atomic E-state index is 13.7. The van der Waals surface area contributed by atoms with E-state index in [0.29, 0.717) is 35.7 Å². The lowest BCUT2D eigenvalue weighted by atomic mass is 9.91. The Balaban J connectivity index is 1.60. The molecule has 1 saturated heterocycles. The Morgan fingerprint density at radius 1 is 1.16 bits per heavy atom. The van der Waals surface area contributed by atoms with E-state index in [2.05, 4.69) is 19.2 Å². The van der Waals surface area contributed by atoms with Crippen LogP contribution in [0.2, 0.25) is 0 Å². The van der Waals surface area contributed by atoms with E-state index in [1.807, 2.05) is 22.4 Å². The summed E-state index contributed by atoms with van der Waals surface area (Å²) in [5.74, 6) is 0.374. The number of carbonyl (C=O) groups is 3. The van der Waals surface area contributed by atoms with Crippen LogP contribution in [0.4, 0.5) is 0 Å². The van der Waals surface area contributed by atoms with Crippen molar-refractivity contribution in [2.75, 3.05) is 20.2 Å². The van der Waals surface area contributed by atoms with E-state index >= 15 is 0 Å². The third-order valence-electron chi connectivity index (χ3n) is 7.27. The highest BCUT2D eigenvalue weighted by Crippen LogP contribution is 2.29. The van der Waals surface area contributed by atoms with Gasteiger partial charge in [0.15, 0.2) is 0 Å². The molecule has 2 atom stereocenters. The van der Waals surface area contributed by atoms with Gasteiger partial charge in [-0.25, -0.2) is 0 Å². The second-order valence-electron chi connectivity index (χ2n) is 10.5. The average molecular weight is 527 g/mol. The first-order chi connectivity index (χ1) is 17.8. The first-order valence-corrected chi connectivity index (χ1v) is 14.0. The number of rotatable bonds is 8. The Hall–Kier alpha value is -2.91. The second kappa shape index (κ2) is 12.1. The van der Waals surface area contributed by atoms with Gasteiger partial charge in [0, 0.05) is 30.7 Å². The van der Waals surface area contributed by atoms with Crippen molar-refractivity contribution in [3.8, 4) is 5.75 Å². The number of carbonyl (C=O) groups excluding carboxylic acids is 3. The fourth-order valence-electron chi connectivity index (χ4n) is 5.33. The van der Waals surface area contributed by atoms with Crippen LogP contribution in [0.5, 0.6) is 5.75 Å². The van der Waals surface area contributed by atoms with Gasteiger partial charge in [-0.15, -0.1) is 11.3 Å². The van der Waals surface area contributed by atoms with Gasteiger partial charge in [-0.1, -0.05) is 26.0 Å². The van der Waals surface area contributed by atoms with E-state index in [0.717, 1.165) is 25.7 Å². The zero-order chi connectivity index (χ0) is 26.5. The number of amides is 3. The van der Waals surface area contributed by atoms with Gasteiger partial charge in [-0.05, 0) is 67.7 Å². The molecule has 200 valence electrons. The molecule has 1 aliphatic heterocycles. The minimum Gasteiger partial charge on any atom is -0.497 e.